The smallest absolute Gasteiger partial charge is 0.236 e. The van der Waals surface area contributed by atoms with Crippen molar-refractivity contribution in [3.63, 3.8) is 0 Å². The average Bonchev–Trinajstić information content (AvgIpc) is 2.82. The summed E-state index contributed by atoms with van der Waals surface area (Å²) in [5, 5.41) is 3.18. The highest BCUT2D eigenvalue weighted by molar-refractivity contribution is 5.77. The number of ether oxygens (including phenoxy) is 2. The third-order valence-corrected chi connectivity index (χ3v) is 2.95. The fourth-order valence-electron chi connectivity index (χ4n) is 1.70. The standard InChI is InChI=1S/C13H18N2O3/c1-9(14-7-13(16)15(2)3)10-4-5-11-12(6-10)18-8-17-11/h4-6,9,14H,7-8H2,1-3H3. The summed E-state index contributed by atoms with van der Waals surface area (Å²) in [6.07, 6.45) is 0. The number of nitrogens with one attached hydrogen (secondary N) is 1. The van der Waals surface area contributed by atoms with Crippen LogP contribution in [0.2, 0.25) is 0 Å². The van der Waals surface area contributed by atoms with Gasteiger partial charge in [0.25, 0.3) is 0 Å². The van der Waals surface area contributed by atoms with Crippen molar-refractivity contribution in [3.8, 4) is 11.5 Å². The third kappa shape index (κ3) is 2.73. The van der Waals surface area contributed by atoms with Crippen LogP contribution in [0, 0.1) is 0 Å². The Labute approximate surface area is 107 Å². The second-order valence-corrected chi connectivity index (χ2v) is 4.50. The molecule has 0 spiro atoms. The summed E-state index contributed by atoms with van der Waals surface area (Å²) < 4.78 is 10.6. The van der Waals surface area contributed by atoms with Crippen LogP contribution < -0.4 is 14.8 Å². The summed E-state index contributed by atoms with van der Waals surface area (Å²) >= 11 is 0. The molecule has 0 saturated heterocycles. The van der Waals surface area contributed by atoms with Crippen LogP contribution in [0.4, 0.5) is 0 Å². The van der Waals surface area contributed by atoms with E-state index in [1.807, 2.05) is 25.1 Å². The van der Waals surface area contributed by atoms with Crippen LogP contribution in [0.3, 0.4) is 0 Å². The molecule has 5 heteroatoms. The zero-order chi connectivity index (χ0) is 13.1. The lowest BCUT2D eigenvalue weighted by molar-refractivity contribution is -0.127. The van der Waals surface area contributed by atoms with E-state index in [0.717, 1.165) is 17.1 Å². The van der Waals surface area contributed by atoms with Crippen molar-refractivity contribution in [1.29, 1.82) is 0 Å². The van der Waals surface area contributed by atoms with Crippen LogP contribution in [-0.2, 0) is 4.79 Å². The molecule has 0 bridgehead atoms. The molecular weight excluding hydrogens is 232 g/mol. The summed E-state index contributed by atoms with van der Waals surface area (Å²) in [5.41, 5.74) is 1.07. The number of carbonyl (C=O) groups is 1. The van der Waals surface area contributed by atoms with Crippen LogP contribution in [0.5, 0.6) is 11.5 Å². The lowest BCUT2D eigenvalue weighted by Crippen LogP contribution is -2.34. The van der Waals surface area contributed by atoms with Gasteiger partial charge in [-0.05, 0) is 24.6 Å². The molecule has 2 rings (SSSR count). The van der Waals surface area contributed by atoms with Crippen molar-refractivity contribution in [2.45, 2.75) is 13.0 Å². The molecule has 1 unspecified atom stereocenters. The average molecular weight is 250 g/mol. The monoisotopic (exact) mass is 250 g/mol. The number of likely N-dealkylation sites (N-methyl/N-ethyl adjacent to an activating group) is 1. The Kier molecular flexibility index (Phi) is 3.72. The number of benzene rings is 1. The maximum absolute atomic E-state index is 11.5. The first-order chi connectivity index (χ1) is 8.58. The fraction of sp³-hybridized carbons (Fsp3) is 0.462. The first-order valence-electron chi connectivity index (χ1n) is 5.91. The van der Waals surface area contributed by atoms with Crippen LogP contribution in [-0.4, -0.2) is 38.2 Å². The largest absolute Gasteiger partial charge is 0.454 e. The van der Waals surface area contributed by atoms with Crippen molar-refractivity contribution in [3.05, 3.63) is 23.8 Å². The topological polar surface area (TPSA) is 50.8 Å². The van der Waals surface area contributed by atoms with Gasteiger partial charge in [0, 0.05) is 20.1 Å². The molecule has 0 aliphatic carbocycles. The highest BCUT2D eigenvalue weighted by Crippen LogP contribution is 2.33. The van der Waals surface area contributed by atoms with E-state index in [0.29, 0.717) is 6.54 Å². The van der Waals surface area contributed by atoms with Gasteiger partial charge in [-0.1, -0.05) is 6.07 Å². The second kappa shape index (κ2) is 5.27. The van der Waals surface area contributed by atoms with E-state index < -0.39 is 0 Å². The molecular formula is C13H18N2O3. The summed E-state index contributed by atoms with van der Waals surface area (Å²) in [4.78, 5) is 13.1. The van der Waals surface area contributed by atoms with Crippen LogP contribution in [0.25, 0.3) is 0 Å². The van der Waals surface area contributed by atoms with Crippen molar-refractivity contribution in [2.75, 3.05) is 27.4 Å². The number of hydrogen-bond donors (Lipinski definition) is 1. The van der Waals surface area contributed by atoms with Crippen LogP contribution >= 0.6 is 0 Å². The molecule has 1 aliphatic heterocycles. The molecule has 1 aromatic rings. The quantitative estimate of drug-likeness (QED) is 0.871. The Bertz CT molecular complexity index is 446. The molecule has 5 nitrogen and oxygen atoms in total. The molecule has 1 aromatic carbocycles. The zero-order valence-electron chi connectivity index (χ0n) is 10.9. The van der Waals surface area contributed by atoms with E-state index >= 15 is 0 Å². The number of rotatable bonds is 4. The predicted molar refractivity (Wildman–Crippen MR) is 67.7 cm³/mol. The minimum atomic E-state index is 0.0580. The SMILES string of the molecule is CC(NCC(=O)N(C)C)c1ccc2c(c1)OCO2. The van der Waals surface area contributed by atoms with Gasteiger partial charge in [0.2, 0.25) is 12.7 Å². The van der Waals surface area contributed by atoms with Crippen molar-refractivity contribution in [2.24, 2.45) is 0 Å². The molecule has 0 saturated carbocycles. The van der Waals surface area contributed by atoms with Gasteiger partial charge in [0.1, 0.15) is 0 Å². The van der Waals surface area contributed by atoms with Gasteiger partial charge < -0.3 is 19.7 Å². The molecule has 0 radical (unpaired) electrons. The minimum Gasteiger partial charge on any atom is -0.454 e. The molecule has 18 heavy (non-hydrogen) atoms. The second-order valence-electron chi connectivity index (χ2n) is 4.50. The Hall–Kier alpha value is -1.75. The Morgan fingerprint density at radius 1 is 1.39 bits per heavy atom. The highest BCUT2D eigenvalue weighted by Gasteiger charge is 2.16. The van der Waals surface area contributed by atoms with Crippen LogP contribution in [0.15, 0.2) is 18.2 Å². The number of amides is 1. The molecule has 1 aliphatic rings. The zero-order valence-corrected chi connectivity index (χ0v) is 10.9. The lowest BCUT2D eigenvalue weighted by Gasteiger charge is -2.16. The van der Waals surface area contributed by atoms with E-state index in [1.165, 1.54) is 0 Å². The molecule has 1 atom stereocenters. The normalized spacial score (nSPS) is 14.4. The molecule has 1 N–H and O–H groups in total. The predicted octanol–water partition coefficient (Wildman–Crippen LogP) is 1.15. The van der Waals surface area contributed by atoms with E-state index in [9.17, 15) is 4.79 Å². The van der Waals surface area contributed by atoms with Gasteiger partial charge in [0.15, 0.2) is 11.5 Å². The number of hydrogen-bond acceptors (Lipinski definition) is 4. The summed E-state index contributed by atoms with van der Waals surface area (Å²) in [6.45, 7) is 2.61. The highest BCUT2D eigenvalue weighted by atomic mass is 16.7. The van der Waals surface area contributed by atoms with Crippen molar-refractivity contribution < 1.29 is 14.3 Å². The fourth-order valence-corrected chi connectivity index (χ4v) is 1.70. The van der Waals surface area contributed by atoms with Gasteiger partial charge in [0.05, 0.1) is 6.54 Å². The van der Waals surface area contributed by atoms with Crippen molar-refractivity contribution >= 4 is 5.91 Å². The molecule has 0 fully saturated rings. The van der Waals surface area contributed by atoms with E-state index in [4.69, 9.17) is 9.47 Å². The first kappa shape index (κ1) is 12.7. The molecule has 98 valence electrons. The van der Waals surface area contributed by atoms with Gasteiger partial charge in [-0.3, -0.25) is 4.79 Å². The minimum absolute atomic E-state index is 0.0580. The van der Waals surface area contributed by atoms with Crippen molar-refractivity contribution in [1.82, 2.24) is 10.2 Å². The van der Waals surface area contributed by atoms with Gasteiger partial charge in [-0.2, -0.15) is 0 Å². The molecule has 0 aromatic heterocycles. The van der Waals surface area contributed by atoms with E-state index in [1.54, 1.807) is 19.0 Å². The number of carbonyl (C=O) groups excluding carboxylic acids is 1. The van der Waals surface area contributed by atoms with Gasteiger partial charge in [-0.25, -0.2) is 0 Å². The summed E-state index contributed by atoms with van der Waals surface area (Å²) in [5.74, 6) is 1.60. The van der Waals surface area contributed by atoms with Gasteiger partial charge in [-0.15, -0.1) is 0 Å². The Morgan fingerprint density at radius 2 is 2.11 bits per heavy atom. The Morgan fingerprint density at radius 3 is 2.83 bits per heavy atom. The lowest BCUT2D eigenvalue weighted by atomic mass is 10.1. The number of fused-ring (bicyclic) bond motifs is 1. The maximum Gasteiger partial charge on any atom is 0.236 e. The summed E-state index contributed by atoms with van der Waals surface area (Å²) in [6, 6.07) is 5.90. The Balaban J connectivity index is 1.97. The van der Waals surface area contributed by atoms with E-state index in [2.05, 4.69) is 5.32 Å². The third-order valence-electron chi connectivity index (χ3n) is 2.95. The maximum atomic E-state index is 11.5. The first-order valence-corrected chi connectivity index (χ1v) is 5.91. The van der Waals surface area contributed by atoms with Gasteiger partial charge >= 0.3 is 0 Å². The number of nitrogens with zero attached hydrogens (tertiary/aromatic N) is 1. The van der Waals surface area contributed by atoms with E-state index in [-0.39, 0.29) is 18.7 Å². The van der Waals surface area contributed by atoms with Crippen LogP contribution in [0.1, 0.15) is 18.5 Å². The summed E-state index contributed by atoms with van der Waals surface area (Å²) in [7, 11) is 3.49. The molecule has 1 amide bonds. The molecule has 1 heterocycles.